The molecule has 3 aromatic heterocycles. The van der Waals surface area contributed by atoms with E-state index in [4.69, 9.17) is 4.42 Å². The maximum absolute atomic E-state index is 10.5. The first-order valence-corrected chi connectivity index (χ1v) is 9.44. The highest BCUT2D eigenvalue weighted by molar-refractivity contribution is 5.67. The van der Waals surface area contributed by atoms with Crippen LogP contribution in [0, 0.1) is 0 Å². The molecule has 0 unspecified atom stereocenters. The van der Waals surface area contributed by atoms with Crippen LogP contribution in [0.1, 0.15) is 43.9 Å². The zero-order chi connectivity index (χ0) is 19.2. The first-order valence-electron chi connectivity index (χ1n) is 9.44. The van der Waals surface area contributed by atoms with Gasteiger partial charge in [-0.3, -0.25) is 0 Å². The Hall–Kier alpha value is -2.67. The first-order chi connectivity index (χ1) is 13.2. The number of aliphatic hydroxyl groups excluding tert-OH is 1. The molecule has 3 aromatic rings. The van der Waals surface area contributed by atoms with Gasteiger partial charge in [-0.05, 0) is 31.4 Å². The number of aromatic hydroxyl groups is 2. The molecule has 0 saturated heterocycles. The summed E-state index contributed by atoms with van der Waals surface area (Å²) < 4.78 is 9.39. The molecule has 0 aliphatic heterocycles. The molecule has 0 radical (unpaired) electrons. The Bertz CT molecular complexity index is 849. The summed E-state index contributed by atoms with van der Waals surface area (Å²) >= 11 is 0. The molecule has 7 heteroatoms. The zero-order valence-corrected chi connectivity index (χ0v) is 15.6. The number of aliphatic hydroxyl groups is 1. The van der Waals surface area contributed by atoms with Gasteiger partial charge in [-0.2, -0.15) is 0 Å². The van der Waals surface area contributed by atoms with E-state index in [-0.39, 0.29) is 18.2 Å². The monoisotopic (exact) mass is 373 g/mol. The predicted octanol–water partition coefficient (Wildman–Crippen LogP) is 3.67. The standard InChI is InChI=1S/C20H27N3O4/c1-2-3-4-6-16-18(17-8-7-15(13-24)27-17)23(20(26)19(16)25)11-5-10-22-12-9-21-14-22/h7-9,12,14,24-26H,2-6,10-11,13H2,1H3. The fraction of sp³-hybridized carbons (Fsp3) is 0.450. The van der Waals surface area contributed by atoms with Crippen LogP contribution in [0.3, 0.4) is 0 Å². The molecule has 7 nitrogen and oxygen atoms in total. The average molecular weight is 373 g/mol. The number of aromatic nitrogens is 3. The summed E-state index contributed by atoms with van der Waals surface area (Å²) in [6.45, 7) is 3.21. The van der Waals surface area contributed by atoms with Crippen molar-refractivity contribution in [3.8, 4) is 23.1 Å². The lowest BCUT2D eigenvalue weighted by molar-refractivity contribution is 0.248. The van der Waals surface area contributed by atoms with Crippen molar-refractivity contribution >= 4 is 0 Å². The Kier molecular flexibility index (Phi) is 6.24. The molecule has 0 aromatic carbocycles. The van der Waals surface area contributed by atoms with Crippen LogP contribution in [0.25, 0.3) is 11.5 Å². The normalized spacial score (nSPS) is 11.3. The van der Waals surface area contributed by atoms with E-state index in [1.807, 2.05) is 10.8 Å². The highest BCUT2D eigenvalue weighted by Crippen LogP contribution is 2.42. The lowest BCUT2D eigenvalue weighted by Gasteiger charge is -2.10. The fourth-order valence-corrected chi connectivity index (χ4v) is 3.35. The quantitative estimate of drug-likeness (QED) is 0.471. The predicted molar refractivity (Wildman–Crippen MR) is 101 cm³/mol. The minimum Gasteiger partial charge on any atom is -0.503 e. The summed E-state index contributed by atoms with van der Waals surface area (Å²) in [6, 6.07) is 3.48. The largest absolute Gasteiger partial charge is 0.503 e. The SMILES string of the molecule is CCCCCc1c(O)c(O)n(CCCn2ccnc2)c1-c1ccc(CO)o1. The van der Waals surface area contributed by atoms with Crippen molar-refractivity contribution in [3.05, 3.63) is 42.2 Å². The average Bonchev–Trinajstić information content (AvgIpc) is 3.40. The molecule has 0 bridgehead atoms. The van der Waals surface area contributed by atoms with Crippen molar-refractivity contribution < 1.29 is 19.7 Å². The van der Waals surface area contributed by atoms with E-state index in [9.17, 15) is 15.3 Å². The Morgan fingerprint density at radius 2 is 1.96 bits per heavy atom. The van der Waals surface area contributed by atoms with Gasteiger partial charge >= 0.3 is 0 Å². The molecule has 0 spiro atoms. The van der Waals surface area contributed by atoms with Gasteiger partial charge in [0.2, 0.25) is 5.88 Å². The van der Waals surface area contributed by atoms with E-state index in [0.717, 1.165) is 32.2 Å². The van der Waals surface area contributed by atoms with E-state index < -0.39 is 0 Å². The van der Waals surface area contributed by atoms with Crippen LogP contribution in [0.15, 0.2) is 35.3 Å². The number of nitrogens with zero attached hydrogens (tertiary/aromatic N) is 3. The number of unbranched alkanes of at least 4 members (excludes halogenated alkanes) is 2. The maximum Gasteiger partial charge on any atom is 0.235 e. The highest BCUT2D eigenvalue weighted by Gasteiger charge is 2.25. The molecule has 0 aliphatic carbocycles. The minimum absolute atomic E-state index is 0.0781. The van der Waals surface area contributed by atoms with Gasteiger partial charge in [0.25, 0.3) is 0 Å². The summed E-state index contributed by atoms with van der Waals surface area (Å²) in [5.74, 6) is 0.785. The van der Waals surface area contributed by atoms with Gasteiger partial charge in [0.1, 0.15) is 12.4 Å². The van der Waals surface area contributed by atoms with Gasteiger partial charge in [0, 0.05) is 31.0 Å². The van der Waals surface area contributed by atoms with Crippen LogP contribution in [-0.4, -0.2) is 29.4 Å². The van der Waals surface area contributed by atoms with Crippen molar-refractivity contribution in [2.75, 3.05) is 0 Å². The molecule has 3 N–H and O–H groups in total. The summed E-state index contributed by atoms with van der Waals surface area (Å²) in [4.78, 5) is 4.03. The summed E-state index contributed by atoms with van der Waals surface area (Å²) in [6.07, 6.45) is 9.83. The van der Waals surface area contributed by atoms with Crippen molar-refractivity contribution in [1.29, 1.82) is 0 Å². The van der Waals surface area contributed by atoms with Gasteiger partial charge in [0.05, 0.1) is 12.0 Å². The lowest BCUT2D eigenvalue weighted by atomic mass is 10.1. The Morgan fingerprint density at radius 1 is 1.11 bits per heavy atom. The molecule has 0 saturated carbocycles. The number of furan rings is 1. The molecule has 27 heavy (non-hydrogen) atoms. The Labute approximate surface area is 158 Å². The second kappa shape index (κ2) is 8.81. The molecule has 0 fully saturated rings. The number of hydrogen-bond acceptors (Lipinski definition) is 5. The van der Waals surface area contributed by atoms with Crippen molar-refractivity contribution in [1.82, 2.24) is 14.1 Å². The fourth-order valence-electron chi connectivity index (χ4n) is 3.35. The second-order valence-electron chi connectivity index (χ2n) is 6.69. The molecule has 0 aliphatic rings. The lowest BCUT2D eigenvalue weighted by Crippen LogP contribution is -2.04. The third-order valence-electron chi connectivity index (χ3n) is 4.75. The van der Waals surface area contributed by atoms with E-state index in [0.29, 0.717) is 35.7 Å². The van der Waals surface area contributed by atoms with Crippen LogP contribution in [0.4, 0.5) is 0 Å². The summed E-state index contributed by atoms with van der Waals surface area (Å²) in [5.41, 5.74) is 1.38. The molecule has 3 heterocycles. The van der Waals surface area contributed by atoms with Gasteiger partial charge < -0.3 is 28.9 Å². The molecule has 0 atom stereocenters. The van der Waals surface area contributed by atoms with Crippen LogP contribution in [-0.2, 0) is 26.1 Å². The number of hydrogen-bond donors (Lipinski definition) is 3. The smallest absolute Gasteiger partial charge is 0.235 e. The van der Waals surface area contributed by atoms with Gasteiger partial charge in [-0.15, -0.1) is 0 Å². The zero-order valence-electron chi connectivity index (χ0n) is 15.6. The van der Waals surface area contributed by atoms with Crippen LogP contribution >= 0.6 is 0 Å². The van der Waals surface area contributed by atoms with Crippen molar-refractivity contribution in [2.24, 2.45) is 0 Å². The molecular formula is C20H27N3O4. The number of aryl methyl sites for hydroxylation is 1. The summed E-state index contributed by atoms with van der Waals surface area (Å²) in [7, 11) is 0. The van der Waals surface area contributed by atoms with E-state index >= 15 is 0 Å². The minimum atomic E-state index is -0.190. The maximum atomic E-state index is 10.5. The Balaban J connectivity index is 1.90. The first kappa shape index (κ1) is 19.1. The van der Waals surface area contributed by atoms with Crippen LogP contribution in [0.5, 0.6) is 11.6 Å². The van der Waals surface area contributed by atoms with Gasteiger partial charge in [0.15, 0.2) is 11.5 Å². The third-order valence-corrected chi connectivity index (χ3v) is 4.75. The molecular weight excluding hydrogens is 346 g/mol. The van der Waals surface area contributed by atoms with E-state index in [1.54, 1.807) is 29.2 Å². The van der Waals surface area contributed by atoms with E-state index in [1.165, 1.54) is 0 Å². The Morgan fingerprint density at radius 3 is 2.63 bits per heavy atom. The topological polar surface area (TPSA) is 96.6 Å². The van der Waals surface area contributed by atoms with E-state index in [2.05, 4.69) is 11.9 Å². The van der Waals surface area contributed by atoms with Gasteiger partial charge in [-0.1, -0.05) is 19.8 Å². The van der Waals surface area contributed by atoms with Crippen LogP contribution < -0.4 is 0 Å². The van der Waals surface area contributed by atoms with Crippen molar-refractivity contribution in [3.63, 3.8) is 0 Å². The molecule has 3 rings (SSSR count). The van der Waals surface area contributed by atoms with Crippen molar-refractivity contribution in [2.45, 2.75) is 58.7 Å². The summed E-state index contributed by atoms with van der Waals surface area (Å²) in [5, 5.41) is 30.4. The number of rotatable bonds is 10. The second-order valence-corrected chi connectivity index (χ2v) is 6.69. The van der Waals surface area contributed by atoms with Gasteiger partial charge in [-0.25, -0.2) is 4.98 Å². The number of imidazole rings is 1. The van der Waals surface area contributed by atoms with Crippen LogP contribution in [0.2, 0.25) is 0 Å². The molecule has 0 amide bonds. The molecule has 146 valence electrons. The third kappa shape index (κ3) is 4.19. The highest BCUT2D eigenvalue weighted by atomic mass is 16.4.